The van der Waals surface area contributed by atoms with Crippen molar-refractivity contribution in [2.24, 2.45) is 0 Å². The summed E-state index contributed by atoms with van der Waals surface area (Å²) in [7, 11) is 0. The Balaban J connectivity index is 0.00000222. The topological polar surface area (TPSA) is 71.8 Å². The molecular formula is C27H28F3N5O. The Morgan fingerprint density at radius 2 is 1.81 bits per heavy atom. The summed E-state index contributed by atoms with van der Waals surface area (Å²) in [6.45, 7) is 13.8. The van der Waals surface area contributed by atoms with Crippen molar-refractivity contribution in [2.75, 3.05) is 10.6 Å². The highest BCUT2D eigenvalue weighted by atomic mass is 19.4. The van der Waals surface area contributed by atoms with Crippen LogP contribution in [0.25, 0.3) is 5.69 Å². The molecule has 2 aromatic carbocycles. The van der Waals surface area contributed by atoms with Gasteiger partial charge < -0.3 is 10.6 Å². The van der Waals surface area contributed by atoms with E-state index in [-0.39, 0.29) is 11.4 Å². The van der Waals surface area contributed by atoms with Crippen molar-refractivity contribution < 1.29 is 18.0 Å². The smallest absolute Gasteiger partial charge is 0.308 e. The van der Waals surface area contributed by atoms with E-state index >= 15 is 0 Å². The molecule has 188 valence electrons. The van der Waals surface area contributed by atoms with Gasteiger partial charge in [-0.3, -0.25) is 0 Å². The van der Waals surface area contributed by atoms with E-state index in [0.29, 0.717) is 12.1 Å². The van der Waals surface area contributed by atoms with Gasteiger partial charge in [0.1, 0.15) is 12.7 Å². The third kappa shape index (κ3) is 8.12. The summed E-state index contributed by atoms with van der Waals surface area (Å²) in [5.74, 6) is 0. The molecule has 0 radical (unpaired) electrons. The molecule has 3 aromatic rings. The highest BCUT2D eigenvalue weighted by Gasteiger charge is 2.31. The molecule has 2 amide bonds. The monoisotopic (exact) mass is 495 g/mol. The number of hydrogen-bond donors (Lipinski definition) is 2. The summed E-state index contributed by atoms with van der Waals surface area (Å²) in [5, 5.41) is 9.05. The quantitative estimate of drug-likeness (QED) is 0.266. The number of halogens is 3. The van der Waals surface area contributed by atoms with Gasteiger partial charge in [0.2, 0.25) is 0 Å². The van der Waals surface area contributed by atoms with Gasteiger partial charge in [0, 0.05) is 5.69 Å². The van der Waals surface area contributed by atoms with E-state index in [1.54, 1.807) is 12.1 Å². The Morgan fingerprint density at radius 3 is 2.36 bits per heavy atom. The maximum Gasteiger partial charge on any atom is 0.416 e. The molecule has 0 saturated heterocycles. The average molecular weight is 496 g/mol. The van der Waals surface area contributed by atoms with Gasteiger partial charge in [-0.1, -0.05) is 42.5 Å². The van der Waals surface area contributed by atoms with E-state index in [9.17, 15) is 18.0 Å². The van der Waals surface area contributed by atoms with Crippen molar-refractivity contribution in [1.29, 1.82) is 0 Å². The summed E-state index contributed by atoms with van der Waals surface area (Å²) in [6.07, 6.45) is 4.67. The number of urea groups is 1. The Morgan fingerprint density at radius 1 is 1.11 bits per heavy atom. The molecular weight excluding hydrogens is 467 g/mol. The molecule has 0 aliphatic heterocycles. The first-order chi connectivity index (χ1) is 17.2. The Hall–Kier alpha value is -4.40. The van der Waals surface area contributed by atoms with Crippen LogP contribution in [0.2, 0.25) is 0 Å². The van der Waals surface area contributed by atoms with Crippen LogP contribution in [-0.4, -0.2) is 20.8 Å². The van der Waals surface area contributed by atoms with Crippen LogP contribution in [0.1, 0.15) is 25.0 Å². The van der Waals surface area contributed by atoms with E-state index in [2.05, 4.69) is 40.5 Å². The first-order valence-corrected chi connectivity index (χ1v) is 10.9. The lowest BCUT2D eigenvalue weighted by Crippen LogP contribution is -2.21. The van der Waals surface area contributed by atoms with Crippen LogP contribution in [0.15, 0.2) is 104 Å². The molecule has 0 atom stereocenters. The number of benzene rings is 2. The second-order valence-electron chi connectivity index (χ2n) is 7.59. The van der Waals surface area contributed by atoms with Gasteiger partial charge in [-0.2, -0.15) is 18.3 Å². The summed E-state index contributed by atoms with van der Waals surface area (Å²) in [4.78, 5) is 16.4. The molecule has 1 aromatic heterocycles. The predicted octanol–water partition coefficient (Wildman–Crippen LogP) is 7.35. The predicted molar refractivity (Wildman–Crippen MR) is 138 cm³/mol. The summed E-state index contributed by atoms with van der Waals surface area (Å²) in [5.41, 5.74) is 2.86. The van der Waals surface area contributed by atoms with Crippen LogP contribution in [0.4, 0.5) is 29.3 Å². The number of hydrogen-bond acceptors (Lipinski definition) is 3. The van der Waals surface area contributed by atoms with E-state index < -0.39 is 17.8 Å². The zero-order chi connectivity index (χ0) is 26.7. The summed E-state index contributed by atoms with van der Waals surface area (Å²) < 4.78 is 40.9. The number of alkyl halides is 3. The van der Waals surface area contributed by atoms with Crippen LogP contribution in [0.3, 0.4) is 0 Å². The lowest BCUT2D eigenvalue weighted by Gasteiger charge is -2.15. The van der Waals surface area contributed by atoms with E-state index in [1.165, 1.54) is 23.4 Å². The number of carbonyl (C=O) groups is 1. The average Bonchev–Trinajstić information content (AvgIpc) is 3.35. The van der Waals surface area contributed by atoms with Gasteiger partial charge in [0.25, 0.3) is 0 Å². The standard InChI is InChI=1S/C25H24F3N5O.C2H4/c1-4-5-19(12-17(2)3)13-18-6-9-21(10-7-18)31-24(34)32-22-14-20(25(26,27)28)8-11-23(22)33-16-29-15-30-33;1-2/h4-12,14-16H,2,13H2,1,3H3,(H2,31,32,34);1-2H2/b5-4-,19-12+;. The molecule has 3 rings (SSSR count). The molecule has 0 unspecified atom stereocenters. The SMILES string of the molecule is C=C.C=C(C)/C=C(\C=C/C)Cc1ccc(NC(=O)Nc2cc(C(F)(F)F)ccc2-n2cncn2)cc1. The van der Waals surface area contributed by atoms with Gasteiger partial charge in [-0.25, -0.2) is 14.5 Å². The van der Waals surface area contributed by atoms with Crippen LogP contribution >= 0.6 is 0 Å². The fourth-order valence-corrected chi connectivity index (χ4v) is 3.26. The van der Waals surface area contributed by atoms with E-state index in [1.807, 2.05) is 44.2 Å². The minimum absolute atomic E-state index is 0.0598. The van der Waals surface area contributed by atoms with E-state index in [4.69, 9.17) is 0 Å². The first kappa shape index (κ1) is 27.8. The first-order valence-electron chi connectivity index (χ1n) is 10.9. The van der Waals surface area contributed by atoms with Crippen molar-refractivity contribution in [2.45, 2.75) is 26.4 Å². The fraction of sp³-hybridized carbons (Fsp3) is 0.148. The highest BCUT2D eigenvalue weighted by molar-refractivity contribution is 6.01. The summed E-state index contributed by atoms with van der Waals surface area (Å²) >= 11 is 0. The Bertz CT molecular complexity index is 1230. The molecule has 0 aliphatic rings. The molecule has 0 saturated carbocycles. The Kier molecular flexibility index (Phi) is 9.97. The molecule has 0 fully saturated rings. The molecule has 36 heavy (non-hydrogen) atoms. The molecule has 9 heteroatoms. The molecule has 0 spiro atoms. The van der Waals surface area contributed by atoms with Gasteiger partial charge in [0.15, 0.2) is 0 Å². The van der Waals surface area contributed by atoms with Crippen LogP contribution < -0.4 is 10.6 Å². The molecule has 1 heterocycles. The number of anilines is 2. The summed E-state index contributed by atoms with van der Waals surface area (Å²) in [6, 6.07) is 9.51. The van der Waals surface area contributed by atoms with Gasteiger partial charge in [0.05, 0.1) is 16.9 Å². The van der Waals surface area contributed by atoms with Crippen molar-refractivity contribution in [1.82, 2.24) is 14.8 Å². The third-order valence-electron chi connectivity index (χ3n) is 4.67. The number of carbonyl (C=O) groups excluding carboxylic acids is 1. The molecule has 0 aliphatic carbocycles. The maximum absolute atomic E-state index is 13.2. The lowest BCUT2D eigenvalue weighted by atomic mass is 10.0. The molecule has 0 bridgehead atoms. The normalized spacial score (nSPS) is 11.5. The fourth-order valence-electron chi connectivity index (χ4n) is 3.26. The zero-order valence-corrected chi connectivity index (χ0v) is 20.1. The Labute approximate surface area is 208 Å². The second-order valence-corrected chi connectivity index (χ2v) is 7.59. The van der Waals surface area contributed by atoms with Crippen molar-refractivity contribution in [3.05, 3.63) is 115 Å². The number of rotatable bonds is 7. The molecule has 2 N–H and O–H groups in total. The highest BCUT2D eigenvalue weighted by Crippen LogP contribution is 2.33. The third-order valence-corrected chi connectivity index (χ3v) is 4.67. The van der Waals surface area contributed by atoms with Gasteiger partial charge in [-0.15, -0.1) is 13.2 Å². The van der Waals surface area contributed by atoms with Gasteiger partial charge in [-0.05, 0) is 61.7 Å². The minimum Gasteiger partial charge on any atom is -0.308 e. The van der Waals surface area contributed by atoms with E-state index in [0.717, 1.165) is 28.8 Å². The van der Waals surface area contributed by atoms with Crippen molar-refractivity contribution in [3.63, 3.8) is 0 Å². The number of aromatic nitrogens is 3. The van der Waals surface area contributed by atoms with Crippen LogP contribution in [0, 0.1) is 0 Å². The molecule has 6 nitrogen and oxygen atoms in total. The second kappa shape index (κ2) is 12.9. The number of nitrogens with one attached hydrogen (secondary N) is 2. The van der Waals surface area contributed by atoms with Crippen molar-refractivity contribution >= 4 is 17.4 Å². The van der Waals surface area contributed by atoms with Crippen LogP contribution in [0.5, 0.6) is 0 Å². The maximum atomic E-state index is 13.2. The number of amides is 2. The number of nitrogens with zero attached hydrogens (tertiary/aromatic N) is 3. The lowest BCUT2D eigenvalue weighted by molar-refractivity contribution is -0.137. The minimum atomic E-state index is -4.56. The zero-order valence-electron chi connectivity index (χ0n) is 20.1. The van der Waals surface area contributed by atoms with Crippen LogP contribution in [-0.2, 0) is 12.6 Å². The van der Waals surface area contributed by atoms with Crippen molar-refractivity contribution in [3.8, 4) is 5.69 Å². The number of allylic oxidation sites excluding steroid dienone is 5. The largest absolute Gasteiger partial charge is 0.416 e. The van der Waals surface area contributed by atoms with Gasteiger partial charge >= 0.3 is 12.2 Å².